The first-order valence-electron chi connectivity index (χ1n) is 5.81. The minimum Gasteiger partial charge on any atom is -0.493 e. The Kier molecular flexibility index (Phi) is 3.54. The van der Waals surface area contributed by atoms with Gasteiger partial charge in [0.1, 0.15) is 6.10 Å². The number of aliphatic hydroxyl groups excluding tert-OH is 1. The van der Waals surface area contributed by atoms with Crippen LogP contribution in [0.1, 0.15) is 18.6 Å². The van der Waals surface area contributed by atoms with Crippen LogP contribution < -0.4 is 9.47 Å². The molecular formula is C13H19NO3. The number of hydrogen-bond acceptors (Lipinski definition) is 4. The number of hydrogen-bond donors (Lipinski definition) is 1. The van der Waals surface area contributed by atoms with Gasteiger partial charge in [0.15, 0.2) is 11.5 Å². The normalized spacial score (nSPS) is 18.6. The molecule has 1 aliphatic heterocycles. The topological polar surface area (TPSA) is 41.9 Å². The van der Waals surface area contributed by atoms with Crippen LogP contribution in [0.5, 0.6) is 11.5 Å². The van der Waals surface area contributed by atoms with E-state index < -0.39 is 6.10 Å². The smallest absolute Gasteiger partial charge is 0.161 e. The zero-order valence-electron chi connectivity index (χ0n) is 10.5. The van der Waals surface area contributed by atoms with Crippen LogP contribution in [0, 0.1) is 0 Å². The van der Waals surface area contributed by atoms with Gasteiger partial charge in [0, 0.05) is 13.1 Å². The lowest BCUT2D eigenvalue weighted by molar-refractivity contribution is 0.0369. The molecule has 0 aromatic heterocycles. The van der Waals surface area contributed by atoms with Crippen molar-refractivity contribution in [2.75, 3.05) is 27.2 Å². The molecule has 0 aliphatic carbocycles. The molecule has 1 heterocycles. The summed E-state index contributed by atoms with van der Waals surface area (Å²) in [7, 11) is 3.68. The minimum atomic E-state index is -0.493. The highest BCUT2D eigenvalue weighted by atomic mass is 16.5. The Labute approximate surface area is 102 Å². The number of nitrogens with zero attached hydrogens (tertiary/aromatic N) is 1. The molecule has 0 amide bonds. The summed E-state index contributed by atoms with van der Waals surface area (Å²) in [5, 5.41) is 9.51. The molecule has 1 aromatic carbocycles. The zero-order valence-corrected chi connectivity index (χ0v) is 10.5. The number of methoxy groups -OCH3 is 1. The Morgan fingerprint density at radius 3 is 2.59 bits per heavy atom. The molecule has 17 heavy (non-hydrogen) atoms. The standard InChI is InChI=1S/C13H19NO3/c1-9(15)10-4-5-12(13(6-10)16-3)17-11-7-14(2)8-11/h4-6,9,11,15H,7-8H2,1-3H3. The monoisotopic (exact) mass is 237 g/mol. The van der Waals surface area contributed by atoms with Crippen molar-refractivity contribution < 1.29 is 14.6 Å². The number of likely N-dealkylation sites (N-methyl/N-ethyl adjacent to an activating group) is 1. The molecule has 94 valence electrons. The van der Waals surface area contributed by atoms with Crippen molar-refractivity contribution >= 4 is 0 Å². The molecule has 1 unspecified atom stereocenters. The molecule has 1 aromatic rings. The van der Waals surface area contributed by atoms with Gasteiger partial charge in [0.2, 0.25) is 0 Å². The summed E-state index contributed by atoms with van der Waals surface area (Å²) < 4.78 is 11.1. The van der Waals surface area contributed by atoms with Gasteiger partial charge >= 0.3 is 0 Å². The van der Waals surface area contributed by atoms with Crippen molar-refractivity contribution in [3.63, 3.8) is 0 Å². The number of ether oxygens (including phenoxy) is 2. The summed E-state index contributed by atoms with van der Waals surface area (Å²) >= 11 is 0. The molecule has 0 spiro atoms. The average Bonchev–Trinajstić information content (AvgIpc) is 2.27. The maximum atomic E-state index is 9.51. The summed E-state index contributed by atoms with van der Waals surface area (Å²) in [6.45, 7) is 3.62. The van der Waals surface area contributed by atoms with Gasteiger partial charge in [0.05, 0.1) is 13.2 Å². The molecule has 1 atom stereocenters. The van der Waals surface area contributed by atoms with E-state index in [9.17, 15) is 5.11 Å². The highest BCUT2D eigenvalue weighted by Crippen LogP contribution is 2.31. The van der Waals surface area contributed by atoms with Gasteiger partial charge in [-0.25, -0.2) is 0 Å². The molecule has 4 heteroatoms. The third-order valence-corrected chi connectivity index (χ3v) is 2.99. The summed E-state index contributed by atoms with van der Waals surface area (Å²) in [6.07, 6.45) is -0.251. The largest absolute Gasteiger partial charge is 0.493 e. The fourth-order valence-electron chi connectivity index (χ4n) is 1.94. The summed E-state index contributed by atoms with van der Waals surface area (Å²) in [5.41, 5.74) is 0.833. The molecule has 1 N–H and O–H groups in total. The maximum Gasteiger partial charge on any atom is 0.161 e. The van der Waals surface area contributed by atoms with Crippen molar-refractivity contribution in [1.82, 2.24) is 4.90 Å². The Balaban J connectivity index is 2.11. The molecule has 1 saturated heterocycles. The summed E-state index contributed by atoms with van der Waals surface area (Å²) in [4.78, 5) is 2.20. The SMILES string of the molecule is COc1cc(C(C)O)ccc1OC1CN(C)C1. The first-order chi connectivity index (χ1) is 8.10. The first-order valence-corrected chi connectivity index (χ1v) is 5.81. The Hall–Kier alpha value is -1.26. The lowest BCUT2D eigenvalue weighted by Crippen LogP contribution is -2.51. The molecule has 4 nitrogen and oxygen atoms in total. The van der Waals surface area contributed by atoms with Crippen LogP contribution in [0.15, 0.2) is 18.2 Å². The predicted molar refractivity (Wildman–Crippen MR) is 65.5 cm³/mol. The van der Waals surface area contributed by atoms with Crippen LogP contribution in [-0.2, 0) is 0 Å². The van der Waals surface area contributed by atoms with E-state index in [1.54, 1.807) is 14.0 Å². The molecule has 0 saturated carbocycles. The second kappa shape index (κ2) is 4.94. The van der Waals surface area contributed by atoms with E-state index in [0.29, 0.717) is 5.75 Å². The van der Waals surface area contributed by atoms with Crippen LogP contribution in [0.2, 0.25) is 0 Å². The van der Waals surface area contributed by atoms with Gasteiger partial charge in [-0.05, 0) is 31.7 Å². The van der Waals surface area contributed by atoms with Crippen LogP contribution in [0.4, 0.5) is 0 Å². The van der Waals surface area contributed by atoms with E-state index in [4.69, 9.17) is 9.47 Å². The molecule has 0 radical (unpaired) electrons. The second-order valence-corrected chi connectivity index (χ2v) is 4.55. The number of benzene rings is 1. The van der Waals surface area contributed by atoms with Gasteiger partial charge < -0.3 is 14.6 Å². The van der Waals surface area contributed by atoms with Gasteiger partial charge in [0.25, 0.3) is 0 Å². The third-order valence-electron chi connectivity index (χ3n) is 2.99. The van der Waals surface area contributed by atoms with Crippen LogP contribution >= 0.6 is 0 Å². The molecule has 2 rings (SSSR count). The lowest BCUT2D eigenvalue weighted by Gasteiger charge is -2.36. The quantitative estimate of drug-likeness (QED) is 0.860. The summed E-state index contributed by atoms with van der Waals surface area (Å²) in [6, 6.07) is 5.55. The highest BCUT2D eigenvalue weighted by Gasteiger charge is 2.25. The van der Waals surface area contributed by atoms with Crippen LogP contribution in [-0.4, -0.2) is 43.4 Å². The van der Waals surface area contributed by atoms with E-state index in [0.717, 1.165) is 24.4 Å². The number of likely N-dealkylation sites (tertiary alicyclic amines) is 1. The zero-order chi connectivity index (χ0) is 12.4. The van der Waals surface area contributed by atoms with E-state index in [2.05, 4.69) is 11.9 Å². The van der Waals surface area contributed by atoms with Gasteiger partial charge in [-0.1, -0.05) is 6.07 Å². The van der Waals surface area contributed by atoms with Crippen LogP contribution in [0.3, 0.4) is 0 Å². The molecule has 1 fully saturated rings. The number of rotatable bonds is 4. The van der Waals surface area contributed by atoms with Gasteiger partial charge in [-0.2, -0.15) is 0 Å². The molecule has 0 bridgehead atoms. The van der Waals surface area contributed by atoms with Crippen molar-refractivity contribution in [2.45, 2.75) is 19.1 Å². The van der Waals surface area contributed by atoms with E-state index in [1.807, 2.05) is 18.2 Å². The van der Waals surface area contributed by atoms with Gasteiger partial charge in [-0.3, -0.25) is 4.90 Å². The fourth-order valence-corrected chi connectivity index (χ4v) is 1.94. The van der Waals surface area contributed by atoms with Gasteiger partial charge in [-0.15, -0.1) is 0 Å². The fraction of sp³-hybridized carbons (Fsp3) is 0.538. The third kappa shape index (κ3) is 2.70. The van der Waals surface area contributed by atoms with Crippen molar-refractivity contribution in [3.05, 3.63) is 23.8 Å². The maximum absolute atomic E-state index is 9.51. The second-order valence-electron chi connectivity index (χ2n) is 4.55. The van der Waals surface area contributed by atoms with E-state index in [1.165, 1.54) is 0 Å². The Morgan fingerprint density at radius 1 is 1.35 bits per heavy atom. The minimum absolute atomic E-state index is 0.242. The Morgan fingerprint density at radius 2 is 2.06 bits per heavy atom. The summed E-state index contributed by atoms with van der Waals surface area (Å²) in [5.74, 6) is 1.42. The average molecular weight is 237 g/mol. The number of aliphatic hydroxyl groups is 1. The first kappa shape index (κ1) is 12.2. The molecular weight excluding hydrogens is 218 g/mol. The molecule has 1 aliphatic rings. The Bertz CT molecular complexity index is 386. The van der Waals surface area contributed by atoms with E-state index in [-0.39, 0.29) is 6.10 Å². The van der Waals surface area contributed by atoms with E-state index >= 15 is 0 Å². The van der Waals surface area contributed by atoms with Crippen molar-refractivity contribution in [1.29, 1.82) is 0 Å². The highest BCUT2D eigenvalue weighted by molar-refractivity contribution is 5.43. The predicted octanol–water partition coefficient (Wildman–Crippen LogP) is 1.44. The van der Waals surface area contributed by atoms with Crippen LogP contribution in [0.25, 0.3) is 0 Å². The van der Waals surface area contributed by atoms with Crippen molar-refractivity contribution in [3.8, 4) is 11.5 Å². The lowest BCUT2D eigenvalue weighted by atomic mass is 10.1. The van der Waals surface area contributed by atoms with Crippen molar-refractivity contribution in [2.24, 2.45) is 0 Å².